The lowest BCUT2D eigenvalue weighted by molar-refractivity contribution is 0.0443. The van der Waals surface area contributed by atoms with Gasteiger partial charge in [-0.2, -0.15) is 0 Å². The predicted octanol–water partition coefficient (Wildman–Crippen LogP) is 1.28. The number of halogens is 2. The van der Waals surface area contributed by atoms with Crippen molar-refractivity contribution in [3.8, 4) is 0 Å². The molecule has 2 unspecified atom stereocenters. The maximum absolute atomic E-state index is 13.9. The third-order valence-electron chi connectivity index (χ3n) is 3.68. The van der Waals surface area contributed by atoms with Crippen LogP contribution >= 0.6 is 11.6 Å². The summed E-state index contributed by atoms with van der Waals surface area (Å²) in [7, 11) is -3.24. The molecule has 0 bridgehead atoms. The van der Waals surface area contributed by atoms with Gasteiger partial charge in [-0.15, -0.1) is 0 Å². The van der Waals surface area contributed by atoms with Crippen molar-refractivity contribution in [2.45, 2.75) is 12.5 Å². The maximum atomic E-state index is 13.9. The van der Waals surface area contributed by atoms with E-state index in [1.54, 1.807) is 0 Å². The summed E-state index contributed by atoms with van der Waals surface area (Å²) in [5.41, 5.74) is 4.59. The lowest BCUT2D eigenvalue weighted by atomic mass is 9.78. The van der Waals surface area contributed by atoms with E-state index in [2.05, 4.69) is 0 Å². The van der Waals surface area contributed by atoms with Crippen LogP contribution in [0.5, 0.6) is 0 Å². The molecule has 2 atom stereocenters. The molecule has 0 spiro atoms. The topological polar surface area (TPSA) is 80.4 Å². The van der Waals surface area contributed by atoms with Crippen LogP contribution in [0, 0.1) is 11.2 Å². The number of hydrogen-bond acceptors (Lipinski definition) is 4. The molecule has 1 fully saturated rings. The molecule has 1 aliphatic heterocycles. The van der Waals surface area contributed by atoms with Crippen LogP contribution in [0.4, 0.5) is 4.39 Å². The molecule has 19 heavy (non-hydrogen) atoms. The van der Waals surface area contributed by atoms with E-state index in [0.29, 0.717) is 0 Å². The highest BCUT2D eigenvalue weighted by Gasteiger charge is 2.47. The Hall–Kier alpha value is -0.690. The van der Waals surface area contributed by atoms with Gasteiger partial charge in [0.2, 0.25) is 0 Å². The van der Waals surface area contributed by atoms with Crippen molar-refractivity contribution in [3.63, 3.8) is 0 Å². The molecule has 1 saturated heterocycles. The van der Waals surface area contributed by atoms with Crippen molar-refractivity contribution in [2.24, 2.45) is 11.1 Å². The van der Waals surface area contributed by atoms with Crippen molar-refractivity contribution in [2.75, 3.05) is 18.1 Å². The monoisotopic (exact) mass is 307 g/mol. The molecule has 0 aliphatic carbocycles. The van der Waals surface area contributed by atoms with Crippen LogP contribution in [0.25, 0.3) is 0 Å². The SMILES string of the molecule is NCC1(C(O)c2cccc(Cl)c2F)CCS(=O)(=O)C1. The van der Waals surface area contributed by atoms with Gasteiger partial charge in [-0.1, -0.05) is 23.7 Å². The molecule has 3 N–H and O–H groups in total. The molecule has 0 amide bonds. The molecule has 0 saturated carbocycles. The second kappa shape index (κ2) is 5.01. The third-order valence-corrected chi connectivity index (χ3v) is 5.81. The summed E-state index contributed by atoms with van der Waals surface area (Å²) >= 11 is 5.67. The molecular formula is C12H15ClFNO3S. The predicted molar refractivity (Wildman–Crippen MR) is 71.1 cm³/mol. The van der Waals surface area contributed by atoms with Crippen LogP contribution in [0.1, 0.15) is 18.1 Å². The van der Waals surface area contributed by atoms with Gasteiger partial charge in [-0.05, 0) is 12.5 Å². The molecule has 2 rings (SSSR count). The minimum absolute atomic E-state index is 0.00458. The van der Waals surface area contributed by atoms with Crippen LogP contribution in [0.15, 0.2) is 18.2 Å². The van der Waals surface area contributed by atoms with Gasteiger partial charge in [-0.25, -0.2) is 12.8 Å². The molecule has 4 nitrogen and oxygen atoms in total. The van der Waals surface area contributed by atoms with E-state index in [0.717, 1.165) is 0 Å². The first kappa shape index (κ1) is 14.7. The van der Waals surface area contributed by atoms with Gasteiger partial charge >= 0.3 is 0 Å². The maximum Gasteiger partial charge on any atom is 0.151 e. The van der Waals surface area contributed by atoms with Gasteiger partial charge in [0.1, 0.15) is 5.82 Å². The van der Waals surface area contributed by atoms with Gasteiger partial charge in [0.15, 0.2) is 9.84 Å². The largest absolute Gasteiger partial charge is 0.388 e. The molecule has 1 aromatic carbocycles. The molecule has 0 aromatic heterocycles. The Bertz CT molecular complexity index is 593. The first-order valence-corrected chi connectivity index (χ1v) is 8.04. The van der Waals surface area contributed by atoms with Crippen molar-refractivity contribution in [3.05, 3.63) is 34.6 Å². The van der Waals surface area contributed by atoms with Gasteiger partial charge in [0.05, 0.1) is 22.6 Å². The molecule has 0 radical (unpaired) electrons. The van der Waals surface area contributed by atoms with E-state index >= 15 is 0 Å². The van der Waals surface area contributed by atoms with E-state index in [4.69, 9.17) is 17.3 Å². The third kappa shape index (κ3) is 2.63. The van der Waals surface area contributed by atoms with Gasteiger partial charge in [-0.3, -0.25) is 0 Å². The molecular weight excluding hydrogens is 293 g/mol. The summed E-state index contributed by atoms with van der Waals surface area (Å²) in [6.45, 7) is -0.0284. The molecule has 7 heteroatoms. The summed E-state index contributed by atoms with van der Waals surface area (Å²) in [4.78, 5) is 0. The van der Waals surface area contributed by atoms with Crippen LogP contribution in [0.2, 0.25) is 5.02 Å². The standard InChI is InChI=1S/C12H15ClFNO3S/c13-9-3-1-2-8(10(9)14)11(16)12(6-15)4-5-19(17,18)7-12/h1-3,11,16H,4-7,15H2. The fraction of sp³-hybridized carbons (Fsp3) is 0.500. The summed E-state index contributed by atoms with van der Waals surface area (Å²) in [6.07, 6.45) is -1.06. The van der Waals surface area contributed by atoms with E-state index in [1.165, 1.54) is 18.2 Å². The number of aliphatic hydroxyl groups is 1. The lowest BCUT2D eigenvalue weighted by Crippen LogP contribution is -2.38. The Kier molecular flexibility index (Phi) is 3.88. The Morgan fingerprint density at radius 1 is 1.53 bits per heavy atom. The normalized spacial score (nSPS) is 27.4. The summed E-state index contributed by atoms with van der Waals surface area (Å²) in [5, 5.41) is 10.3. The number of nitrogens with two attached hydrogens (primary N) is 1. The summed E-state index contributed by atoms with van der Waals surface area (Å²) in [5.74, 6) is -0.999. The average Bonchev–Trinajstić information content (AvgIpc) is 2.69. The van der Waals surface area contributed by atoms with Crippen molar-refractivity contribution >= 4 is 21.4 Å². The van der Waals surface area contributed by atoms with Gasteiger partial charge < -0.3 is 10.8 Å². The van der Waals surface area contributed by atoms with Crippen LogP contribution in [0.3, 0.4) is 0 Å². The highest BCUT2D eigenvalue weighted by molar-refractivity contribution is 7.91. The highest BCUT2D eigenvalue weighted by Crippen LogP contribution is 2.43. The molecule has 1 aliphatic rings. The average molecular weight is 308 g/mol. The van der Waals surface area contributed by atoms with Crippen LogP contribution < -0.4 is 5.73 Å². The van der Waals surface area contributed by atoms with E-state index in [9.17, 15) is 17.9 Å². The summed E-state index contributed by atoms with van der Waals surface area (Å²) < 4.78 is 37.1. The smallest absolute Gasteiger partial charge is 0.151 e. The zero-order valence-corrected chi connectivity index (χ0v) is 11.7. The molecule has 1 aromatic rings. The fourth-order valence-corrected chi connectivity index (χ4v) is 4.83. The number of aliphatic hydroxyl groups excluding tert-OH is 1. The highest BCUT2D eigenvalue weighted by atomic mass is 35.5. The molecule has 1 heterocycles. The minimum atomic E-state index is -3.24. The van der Waals surface area contributed by atoms with Crippen LogP contribution in [-0.2, 0) is 9.84 Å². The summed E-state index contributed by atoms with van der Waals surface area (Å²) in [6, 6.07) is 4.28. The van der Waals surface area contributed by atoms with E-state index in [1.807, 2.05) is 0 Å². The Balaban J connectivity index is 2.42. The zero-order chi connectivity index (χ0) is 14.3. The Morgan fingerprint density at radius 3 is 2.74 bits per heavy atom. The van der Waals surface area contributed by atoms with Crippen LogP contribution in [-0.4, -0.2) is 31.6 Å². The molecule has 106 valence electrons. The van der Waals surface area contributed by atoms with Crippen molar-refractivity contribution in [1.29, 1.82) is 0 Å². The van der Waals surface area contributed by atoms with E-state index in [-0.39, 0.29) is 35.1 Å². The fourth-order valence-electron chi connectivity index (χ4n) is 2.49. The van der Waals surface area contributed by atoms with Gasteiger partial charge in [0, 0.05) is 17.5 Å². The number of hydrogen-bond donors (Lipinski definition) is 2. The Morgan fingerprint density at radius 2 is 2.21 bits per heavy atom. The zero-order valence-electron chi connectivity index (χ0n) is 10.1. The van der Waals surface area contributed by atoms with E-state index < -0.39 is 27.2 Å². The first-order valence-electron chi connectivity index (χ1n) is 5.84. The second-order valence-electron chi connectivity index (χ2n) is 4.95. The quantitative estimate of drug-likeness (QED) is 0.881. The number of benzene rings is 1. The number of sulfone groups is 1. The lowest BCUT2D eigenvalue weighted by Gasteiger charge is -2.32. The first-order chi connectivity index (χ1) is 8.81. The van der Waals surface area contributed by atoms with Gasteiger partial charge in [0.25, 0.3) is 0 Å². The Labute approximate surface area is 116 Å². The van der Waals surface area contributed by atoms with Crippen molar-refractivity contribution < 1.29 is 17.9 Å². The second-order valence-corrected chi connectivity index (χ2v) is 7.55. The van der Waals surface area contributed by atoms with Crippen molar-refractivity contribution in [1.82, 2.24) is 0 Å². The number of rotatable bonds is 3. The minimum Gasteiger partial charge on any atom is -0.388 e.